The summed E-state index contributed by atoms with van der Waals surface area (Å²) in [6, 6.07) is 13.6. The SMILES string of the molecule is Cc1cccc([C@@H]2SCC(=O)N2[C@H](CC(C)C)C(=O)NCc2ccc(F)cc2)c1. The molecule has 0 saturated carbocycles. The van der Waals surface area contributed by atoms with Crippen molar-refractivity contribution in [3.63, 3.8) is 0 Å². The van der Waals surface area contributed by atoms with Crippen LogP contribution in [0.25, 0.3) is 0 Å². The van der Waals surface area contributed by atoms with Crippen molar-refractivity contribution in [2.45, 2.75) is 45.2 Å². The number of benzene rings is 2. The maximum atomic E-state index is 13.1. The Labute approximate surface area is 175 Å². The Morgan fingerprint density at radius 1 is 1.24 bits per heavy atom. The van der Waals surface area contributed by atoms with Gasteiger partial charge in [0.05, 0.1) is 5.75 Å². The van der Waals surface area contributed by atoms with Crippen LogP contribution in [0.3, 0.4) is 0 Å². The molecule has 4 nitrogen and oxygen atoms in total. The van der Waals surface area contributed by atoms with Crippen LogP contribution < -0.4 is 5.32 Å². The normalized spacial score (nSPS) is 17.6. The minimum atomic E-state index is -0.538. The molecule has 1 aliphatic heterocycles. The molecular formula is C23H27FN2O2S. The number of hydrogen-bond acceptors (Lipinski definition) is 3. The Balaban J connectivity index is 1.80. The van der Waals surface area contributed by atoms with Gasteiger partial charge in [-0.15, -0.1) is 11.8 Å². The summed E-state index contributed by atoms with van der Waals surface area (Å²) in [6.45, 7) is 6.43. The van der Waals surface area contributed by atoms with Crippen LogP contribution in [-0.4, -0.2) is 28.5 Å². The van der Waals surface area contributed by atoms with E-state index in [1.54, 1.807) is 28.8 Å². The van der Waals surface area contributed by atoms with Crippen LogP contribution in [0.1, 0.15) is 42.3 Å². The second-order valence-electron chi connectivity index (χ2n) is 7.87. The third-order valence-electron chi connectivity index (χ3n) is 4.95. The van der Waals surface area contributed by atoms with Crippen molar-refractivity contribution >= 4 is 23.6 Å². The van der Waals surface area contributed by atoms with Crippen LogP contribution in [-0.2, 0) is 16.1 Å². The molecule has 29 heavy (non-hydrogen) atoms. The van der Waals surface area contributed by atoms with Crippen molar-refractivity contribution in [2.75, 3.05) is 5.75 Å². The molecule has 1 heterocycles. The monoisotopic (exact) mass is 414 g/mol. The molecule has 0 bridgehead atoms. The summed E-state index contributed by atoms with van der Waals surface area (Å²) in [5.74, 6) is 0.144. The van der Waals surface area contributed by atoms with Gasteiger partial charge in [-0.3, -0.25) is 9.59 Å². The first-order valence-corrected chi connectivity index (χ1v) is 10.9. The van der Waals surface area contributed by atoms with E-state index in [4.69, 9.17) is 0 Å². The minimum Gasteiger partial charge on any atom is -0.350 e. The van der Waals surface area contributed by atoms with Gasteiger partial charge in [-0.25, -0.2) is 4.39 Å². The molecule has 1 N–H and O–H groups in total. The Kier molecular flexibility index (Phi) is 6.96. The van der Waals surface area contributed by atoms with E-state index < -0.39 is 6.04 Å². The molecule has 0 aliphatic carbocycles. The van der Waals surface area contributed by atoms with Crippen molar-refractivity contribution < 1.29 is 14.0 Å². The van der Waals surface area contributed by atoms with Gasteiger partial charge < -0.3 is 10.2 Å². The van der Waals surface area contributed by atoms with Gasteiger partial charge in [0.15, 0.2) is 0 Å². The van der Waals surface area contributed by atoms with Crippen LogP contribution in [0.15, 0.2) is 48.5 Å². The van der Waals surface area contributed by atoms with E-state index in [0.29, 0.717) is 18.7 Å². The average Bonchev–Trinajstić information content (AvgIpc) is 3.06. The van der Waals surface area contributed by atoms with E-state index in [0.717, 1.165) is 16.7 Å². The summed E-state index contributed by atoms with van der Waals surface area (Å²) in [7, 11) is 0. The van der Waals surface area contributed by atoms with Crippen LogP contribution in [0, 0.1) is 18.7 Å². The maximum absolute atomic E-state index is 13.1. The van der Waals surface area contributed by atoms with Crippen molar-refractivity contribution in [2.24, 2.45) is 5.92 Å². The van der Waals surface area contributed by atoms with E-state index in [-0.39, 0.29) is 28.9 Å². The lowest BCUT2D eigenvalue weighted by atomic mass is 10.00. The van der Waals surface area contributed by atoms with Gasteiger partial charge in [0, 0.05) is 6.54 Å². The van der Waals surface area contributed by atoms with Gasteiger partial charge >= 0.3 is 0 Å². The molecule has 3 rings (SSSR count). The standard InChI is InChI=1S/C23H27FN2O2S/c1-15(2)11-20(22(28)25-13-17-7-9-19(24)10-8-17)26-21(27)14-29-23(26)18-6-4-5-16(3)12-18/h4-10,12,15,20,23H,11,13-14H2,1-3H3,(H,25,28)/t20-,23+/m1/s1. The Hall–Kier alpha value is -2.34. The first-order chi connectivity index (χ1) is 13.8. The molecule has 0 unspecified atom stereocenters. The molecule has 2 amide bonds. The molecular weight excluding hydrogens is 387 g/mol. The average molecular weight is 415 g/mol. The molecule has 0 spiro atoms. The highest BCUT2D eigenvalue weighted by molar-refractivity contribution is 8.00. The zero-order valence-corrected chi connectivity index (χ0v) is 17.8. The van der Waals surface area contributed by atoms with E-state index in [9.17, 15) is 14.0 Å². The molecule has 154 valence electrons. The minimum absolute atomic E-state index is 0.0101. The number of nitrogens with zero attached hydrogens (tertiary/aromatic N) is 1. The fourth-order valence-corrected chi connectivity index (χ4v) is 4.77. The summed E-state index contributed by atoms with van der Waals surface area (Å²) < 4.78 is 13.1. The van der Waals surface area contributed by atoms with Crippen molar-refractivity contribution in [1.29, 1.82) is 0 Å². The van der Waals surface area contributed by atoms with Crippen LogP contribution in [0.4, 0.5) is 4.39 Å². The molecule has 2 atom stereocenters. The molecule has 2 aromatic rings. The summed E-state index contributed by atoms with van der Waals surface area (Å²) in [6.07, 6.45) is 0.587. The van der Waals surface area contributed by atoms with Gasteiger partial charge in [-0.1, -0.05) is 55.8 Å². The number of amides is 2. The zero-order valence-electron chi connectivity index (χ0n) is 17.0. The lowest BCUT2D eigenvalue weighted by molar-refractivity contribution is -0.139. The Morgan fingerprint density at radius 2 is 1.97 bits per heavy atom. The second-order valence-corrected chi connectivity index (χ2v) is 8.94. The number of carbonyl (C=O) groups is 2. The number of hydrogen-bond donors (Lipinski definition) is 1. The van der Waals surface area contributed by atoms with Crippen molar-refractivity contribution in [1.82, 2.24) is 10.2 Å². The van der Waals surface area contributed by atoms with E-state index in [1.807, 2.05) is 25.1 Å². The second kappa shape index (κ2) is 9.44. The molecule has 1 aliphatic rings. The Morgan fingerprint density at radius 3 is 2.62 bits per heavy atom. The fraction of sp³-hybridized carbons (Fsp3) is 0.391. The third-order valence-corrected chi connectivity index (χ3v) is 6.17. The first-order valence-electron chi connectivity index (χ1n) is 9.86. The molecule has 2 aromatic carbocycles. The van der Waals surface area contributed by atoms with Crippen LogP contribution in [0.5, 0.6) is 0 Å². The molecule has 6 heteroatoms. The number of halogens is 1. The largest absolute Gasteiger partial charge is 0.350 e. The van der Waals surface area contributed by atoms with Gasteiger partial charge in [-0.2, -0.15) is 0 Å². The predicted octanol–water partition coefficient (Wildman–Crippen LogP) is 4.44. The van der Waals surface area contributed by atoms with E-state index in [2.05, 4.69) is 25.2 Å². The molecule has 0 radical (unpaired) electrons. The van der Waals surface area contributed by atoms with Gasteiger partial charge in [0.25, 0.3) is 0 Å². The lowest BCUT2D eigenvalue weighted by Gasteiger charge is -2.33. The zero-order chi connectivity index (χ0) is 21.0. The van der Waals surface area contributed by atoms with Crippen LogP contribution >= 0.6 is 11.8 Å². The number of aryl methyl sites for hydroxylation is 1. The Bertz CT molecular complexity index is 869. The van der Waals surface area contributed by atoms with Crippen molar-refractivity contribution in [3.8, 4) is 0 Å². The van der Waals surface area contributed by atoms with Gasteiger partial charge in [-0.05, 0) is 42.5 Å². The number of nitrogens with one attached hydrogen (secondary N) is 1. The fourth-order valence-electron chi connectivity index (χ4n) is 3.56. The first kappa shape index (κ1) is 21.4. The third kappa shape index (κ3) is 5.38. The van der Waals surface area contributed by atoms with Crippen molar-refractivity contribution in [3.05, 3.63) is 71.0 Å². The highest BCUT2D eigenvalue weighted by Gasteiger charge is 2.41. The van der Waals surface area contributed by atoms with Gasteiger partial charge in [0.2, 0.25) is 11.8 Å². The number of rotatable bonds is 7. The maximum Gasteiger partial charge on any atom is 0.243 e. The lowest BCUT2D eigenvalue weighted by Crippen LogP contribution is -2.49. The number of thioether (sulfide) groups is 1. The molecule has 0 aromatic heterocycles. The molecule has 1 fully saturated rings. The predicted molar refractivity (Wildman–Crippen MR) is 115 cm³/mol. The highest BCUT2D eigenvalue weighted by Crippen LogP contribution is 2.41. The summed E-state index contributed by atoms with van der Waals surface area (Å²) in [4.78, 5) is 27.6. The van der Waals surface area contributed by atoms with E-state index >= 15 is 0 Å². The number of carbonyl (C=O) groups excluding carboxylic acids is 2. The summed E-state index contributed by atoms with van der Waals surface area (Å²) in [5.41, 5.74) is 2.99. The summed E-state index contributed by atoms with van der Waals surface area (Å²) >= 11 is 1.56. The van der Waals surface area contributed by atoms with Gasteiger partial charge in [0.1, 0.15) is 17.2 Å². The van der Waals surface area contributed by atoms with Crippen LogP contribution in [0.2, 0.25) is 0 Å². The quantitative estimate of drug-likeness (QED) is 0.729. The highest BCUT2D eigenvalue weighted by atomic mass is 32.2. The summed E-state index contributed by atoms with van der Waals surface area (Å²) in [5, 5.41) is 2.78. The topological polar surface area (TPSA) is 49.4 Å². The van der Waals surface area contributed by atoms with E-state index in [1.165, 1.54) is 12.1 Å². The molecule has 1 saturated heterocycles. The smallest absolute Gasteiger partial charge is 0.243 e.